The van der Waals surface area contributed by atoms with Crippen molar-refractivity contribution in [3.63, 3.8) is 0 Å². The molecule has 31 heavy (non-hydrogen) atoms. The molecule has 0 aliphatic carbocycles. The van der Waals surface area contributed by atoms with Crippen LogP contribution in [0.3, 0.4) is 0 Å². The van der Waals surface area contributed by atoms with E-state index in [0.29, 0.717) is 24.1 Å². The summed E-state index contributed by atoms with van der Waals surface area (Å²) in [4.78, 5) is 12.7. The number of rotatable bonds is 9. The lowest BCUT2D eigenvalue weighted by Gasteiger charge is -2.09. The number of carbonyl (C=O) groups excluding carboxylic acids is 1. The first-order valence-corrected chi connectivity index (χ1v) is 10.7. The number of hydrogen-bond acceptors (Lipinski definition) is 6. The molecular formula is C22H22N6O2S. The van der Waals surface area contributed by atoms with E-state index in [-0.39, 0.29) is 11.7 Å². The first-order chi connectivity index (χ1) is 15.2. The Bertz CT molecular complexity index is 1130. The number of para-hydroxylation sites is 1. The fourth-order valence-corrected chi connectivity index (χ4v) is 3.74. The Morgan fingerprint density at radius 2 is 1.84 bits per heavy atom. The fraction of sp³-hybridized carbons (Fsp3) is 0.182. The summed E-state index contributed by atoms with van der Waals surface area (Å²) in [7, 11) is 1.64. The lowest BCUT2D eigenvalue weighted by molar-refractivity contribution is -0.113. The van der Waals surface area contributed by atoms with Gasteiger partial charge in [0.05, 0.1) is 23.7 Å². The first-order valence-electron chi connectivity index (χ1n) is 9.75. The van der Waals surface area contributed by atoms with Crippen LogP contribution in [-0.4, -0.2) is 49.9 Å². The van der Waals surface area contributed by atoms with Gasteiger partial charge in [-0.3, -0.25) is 4.79 Å². The van der Waals surface area contributed by atoms with Crippen LogP contribution in [0.5, 0.6) is 0 Å². The van der Waals surface area contributed by atoms with Gasteiger partial charge in [0.1, 0.15) is 12.1 Å². The Labute approximate surface area is 184 Å². The maximum Gasteiger partial charge on any atom is 0.236 e. The highest BCUT2D eigenvalue weighted by Crippen LogP contribution is 2.25. The van der Waals surface area contributed by atoms with E-state index in [1.54, 1.807) is 18.1 Å². The minimum Gasteiger partial charge on any atom is -0.383 e. The Hall–Kier alpha value is -3.43. The molecule has 1 amide bonds. The molecule has 158 valence electrons. The number of nitrogens with one attached hydrogen (secondary N) is 1. The predicted molar refractivity (Wildman–Crippen MR) is 120 cm³/mol. The van der Waals surface area contributed by atoms with Crippen molar-refractivity contribution in [3.8, 4) is 16.9 Å². The van der Waals surface area contributed by atoms with Gasteiger partial charge in [-0.2, -0.15) is 5.10 Å². The highest BCUT2D eigenvalue weighted by molar-refractivity contribution is 7.99. The second kappa shape index (κ2) is 10.1. The van der Waals surface area contributed by atoms with Crippen LogP contribution in [-0.2, 0) is 16.1 Å². The van der Waals surface area contributed by atoms with E-state index in [9.17, 15) is 4.79 Å². The number of hydrogen-bond donors (Lipinski definition) is 1. The van der Waals surface area contributed by atoms with Crippen LogP contribution in [0.15, 0.2) is 78.2 Å². The highest BCUT2D eigenvalue weighted by Gasteiger charge is 2.15. The summed E-state index contributed by atoms with van der Waals surface area (Å²) >= 11 is 1.33. The quantitative estimate of drug-likeness (QED) is 0.406. The van der Waals surface area contributed by atoms with Crippen molar-refractivity contribution < 1.29 is 9.53 Å². The van der Waals surface area contributed by atoms with Gasteiger partial charge in [0, 0.05) is 25.3 Å². The average Bonchev–Trinajstić information content (AvgIpc) is 3.44. The van der Waals surface area contributed by atoms with Gasteiger partial charge in [0.15, 0.2) is 5.16 Å². The van der Waals surface area contributed by atoms with Crippen LogP contribution in [0.2, 0.25) is 0 Å². The Balaban J connectivity index is 1.51. The molecule has 0 unspecified atom stereocenters. The molecule has 9 heteroatoms. The Morgan fingerprint density at radius 1 is 1.10 bits per heavy atom. The molecule has 0 saturated carbocycles. The third-order valence-electron chi connectivity index (χ3n) is 4.50. The molecule has 0 saturated heterocycles. The van der Waals surface area contributed by atoms with Gasteiger partial charge in [-0.15, -0.1) is 10.2 Å². The first kappa shape index (κ1) is 20.8. The topological polar surface area (TPSA) is 86.9 Å². The predicted octanol–water partition coefficient (Wildman–Crippen LogP) is 3.51. The number of anilines is 1. The van der Waals surface area contributed by atoms with Crippen LogP contribution < -0.4 is 5.32 Å². The van der Waals surface area contributed by atoms with Crippen molar-refractivity contribution in [3.05, 3.63) is 73.1 Å². The second-order valence-electron chi connectivity index (χ2n) is 6.66. The molecule has 0 aliphatic rings. The van der Waals surface area contributed by atoms with Gasteiger partial charge in [-0.1, -0.05) is 60.3 Å². The smallest absolute Gasteiger partial charge is 0.236 e. The minimum atomic E-state index is -0.150. The van der Waals surface area contributed by atoms with Crippen molar-refractivity contribution >= 4 is 23.5 Å². The summed E-state index contributed by atoms with van der Waals surface area (Å²) in [6, 6.07) is 21.5. The third kappa shape index (κ3) is 5.19. The van der Waals surface area contributed by atoms with Gasteiger partial charge in [0.2, 0.25) is 5.91 Å². The lowest BCUT2D eigenvalue weighted by atomic mass is 10.2. The normalized spacial score (nSPS) is 10.9. The minimum absolute atomic E-state index is 0.150. The highest BCUT2D eigenvalue weighted by atomic mass is 32.2. The van der Waals surface area contributed by atoms with Crippen molar-refractivity contribution in [1.29, 1.82) is 0 Å². The second-order valence-corrected chi connectivity index (χ2v) is 7.61. The largest absolute Gasteiger partial charge is 0.383 e. The van der Waals surface area contributed by atoms with Gasteiger partial charge >= 0.3 is 0 Å². The van der Waals surface area contributed by atoms with Gasteiger partial charge < -0.3 is 14.6 Å². The number of aromatic nitrogens is 5. The molecule has 0 atom stereocenters. The summed E-state index contributed by atoms with van der Waals surface area (Å²) in [5.74, 6) is 0.659. The van der Waals surface area contributed by atoms with Crippen LogP contribution in [0.1, 0.15) is 0 Å². The molecule has 4 aromatic rings. The molecule has 4 rings (SSSR count). The van der Waals surface area contributed by atoms with E-state index < -0.39 is 0 Å². The maximum absolute atomic E-state index is 12.7. The van der Waals surface area contributed by atoms with Crippen LogP contribution >= 0.6 is 11.8 Å². The molecule has 1 N–H and O–H groups in total. The molecule has 0 fully saturated rings. The van der Waals surface area contributed by atoms with Crippen LogP contribution in [0.25, 0.3) is 16.9 Å². The molecule has 2 aromatic carbocycles. The van der Waals surface area contributed by atoms with E-state index >= 15 is 0 Å². The van der Waals surface area contributed by atoms with Gasteiger partial charge in [-0.25, -0.2) is 4.68 Å². The van der Waals surface area contributed by atoms with Crippen LogP contribution in [0.4, 0.5) is 5.82 Å². The van der Waals surface area contributed by atoms with Gasteiger partial charge in [-0.05, 0) is 12.1 Å². The number of methoxy groups -OCH3 is 1. The molecule has 8 nitrogen and oxygen atoms in total. The van der Waals surface area contributed by atoms with Crippen molar-refractivity contribution in [2.24, 2.45) is 0 Å². The Kier molecular flexibility index (Phi) is 6.75. The van der Waals surface area contributed by atoms with E-state index in [4.69, 9.17) is 9.84 Å². The zero-order valence-corrected chi connectivity index (χ0v) is 17.8. The maximum atomic E-state index is 12.7. The van der Waals surface area contributed by atoms with Gasteiger partial charge in [0.25, 0.3) is 0 Å². The SMILES string of the molecule is COCCn1cnnc1SCC(=O)Nc1cc(-c2ccccc2)nn1-c1ccccc1. The van der Waals surface area contributed by atoms with E-state index in [2.05, 4.69) is 15.5 Å². The van der Waals surface area contributed by atoms with E-state index in [1.807, 2.05) is 71.3 Å². The number of benzene rings is 2. The zero-order valence-electron chi connectivity index (χ0n) is 17.0. The summed E-state index contributed by atoms with van der Waals surface area (Å²) in [5, 5.41) is 16.4. The number of ether oxygens (including phenoxy) is 1. The van der Waals surface area contributed by atoms with Crippen molar-refractivity contribution in [2.45, 2.75) is 11.7 Å². The molecule has 0 spiro atoms. The number of carbonyl (C=O) groups is 1. The summed E-state index contributed by atoms with van der Waals surface area (Å²) in [5.41, 5.74) is 2.63. The molecule has 0 aliphatic heterocycles. The van der Waals surface area contributed by atoms with Crippen molar-refractivity contribution in [1.82, 2.24) is 24.5 Å². The molecule has 0 bridgehead atoms. The standard InChI is InChI=1S/C22H22N6O2S/c1-30-13-12-27-16-23-25-22(27)31-15-21(29)24-20-14-19(17-8-4-2-5-9-17)26-28(20)18-10-6-3-7-11-18/h2-11,14,16H,12-13,15H2,1H3,(H,24,29). The molecule has 2 aromatic heterocycles. The third-order valence-corrected chi connectivity index (χ3v) is 5.48. The number of thioether (sulfide) groups is 1. The summed E-state index contributed by atoms with van der Waals surface area (Å²) in [6.07, 6.45) is 1.63. The Morgan fingerprint density at radius 3 is 2.58 bits per heavy atom. The lowest BCUT2D eigenvalue weighted by Crippen LogP contribution is -2.17. The summed E-state index contributed by atoms with van der Waals surface area (Å²) < 4.78 is 8.70. The fourth-order valence-electron chi connectivity index (χ4n) is 2.99. The molecule has 2 heterocycles. The van der Waals surface area contributed by atoms with Crippen LogP contribution in [0, 0.1) is 0 Å². The monoisotopic (exact) mass is 434 g/mol. The zero-order chi connectivity index (χ0) is 21.5. The number of amides is 1. The average molecular weight is 435 g/mol. The van der Waals surface area contributed by atoms with Crippen molar-refractivity contribution in [2.75, 3.05) is 24.8 Å². The molecular weight excluding hydrogens is 412 g/mol. The van der Waals surface area contributed by atoms with E-state index in [1.165, 1.54) is 11.8 Å². The van der Waals surface area contributed by atoms with E-state index in [0.717, 1.165) is 16.9 Å². The number of nitrogens with zero attached hydrogens (tertiary/aromatic N) is 5. The summed E-state index contributed by atoms with van der Waals surface area (Å²) in [6.45, 7) is 1.19. The molecule has 0 radical (unpaired) electrons.